The van der Waals surface area contributed by atoms with Crippen molar-refractivity contribution in [2.45, 2.75) is 13.8 Å². The van der Waals surface area contributed by atoms with Crippen LogP contribution >= 0.6 is 0 Å². The highest BCUT2D eigenvalue weighted by molar-refractivity contribution is 5.94. The van der Waals surface area contributed by atoms with Crippen LogP contribution in [0.15, 0.2) is 83.8 Å². The second-order valence-electron chi connectivity index (χ2n) is 8.25. The first-order valence-corrected chi connectivity index (χ1v) is 11.6. The summed E-state index contributed by atoms with van der Waals surface area (Å²) in [5.74, 6) is 0. The largest absolute Gasteiger partial charge is 0.368 e. The van der Waals surface area contributed by atoms with Gasteiger partial charge in [0, 0.05) is 28.1 Å². The topological polar surface area (TPSA) is 73.9 Å². The van der Waals surface area contributed by atoms with Crippen LogP contribution in [0.5, 0.6) is 0 Å². The smallest absolute Gasteiger partial charge is 0.272 e. The van der Waals surface area contributed by atoms with Gasteiger partial charge in [0.2, 0.25) is 0 Å². The lowest BCUT2D eigenvalue weighted by atomic mass is 9.97. The number of anilines is 1. The van der Waals surface area contributed by atoms with Crippen LogP contribution < -0.4 is 10.9 Å². The van der Waals surface area contributed by atoms with Crippen molar-refractivity contribution in [1.82, 2.24) is 19.9 Å². The van der Waals surface area contributed by atoms with Crippen molar-refractivity contribution >= 4 is 27.6 Å². The van der Waals surface area contributed by atoms with E-state index < -0.39 is 0 Å². The molecule has 6 nitrogen and oxygen atoms in total. The number of nitrogens with zero attached hydrogens (tertiary/aromatic N) is 3. The Hall–Kier alpha value is -4.03. The van der Waals surface area contributed by atoms with Gasteiger partial charge in [-0.1, -0.05) is 56.3 Å². The van der Waals surface area contributed by atoms with Gasteiger partial charge in [0.15, 0.2) is 0 Å². The van der Waals surface area contributed by atoms with Crippen molar-refractivity contribution in [3.8, 4) is 22.4 Å². The Balaban J connectivity index is 1.67. The maximum absolute atomic E-state index is 12.8. The molecular formula is C28H27N5O. The third kappa shape index (κ3) is 4.28. The van der Waals surface area contributed by atoms with Gasteiger partial charge in [-0.05, 0) is 49.0 Å². The summed E-state index contributed by atoms with van der Waals surface area (Å²) in [6.45, 7) is 6.66. The Morgan fingerprint density at radius 3 is 2.50 bits per heavy atom. The Kier molecular flexibility index (Phi) is 6.06. The second kappa shape index (κ2) is 9.45. The molecule has 0 aliphatic heterocycles. The predicted molar refractivity (Wildman–Crippen MR) is 140 cm³/mol. The van der Waals surface area contributed by atoms with E-state index in [-0.39, 0.29) is 5.56 Å². The summed E-state index contributed by atoms with van der Waals surface area (Å²) in [6, 6.07) is 24.3. The van der Waals surface area contributed by atoms with Crippen molar-refractivity contribution in [2.24, 2.45) is 0 Å². The lowest BCUT2D eigenvalue weighted by molar-refractivity contribution is 0.326. The van der Waals surface area contributed by atoms with Gasteiger partial charge in [0.05, 0.1) is 17.9 Å². The highest BCUT2D eigenvalue weighted by atomic mass is 16.1. The van der Waals surface area contributed by atoms with E-state index in [2.05, 4.69) is 58.3 Å². The minimum absolute atomic E-state index is 0.171. The average Bonchev–Trinajstić information content (AvgIpc) is 2.89. The summed E-state index contributed by atoms with van der Waals surface area (Å²) in [5, 5.41) is 5.23. The monoisotopic (exact) mass is 449 g/mol. The van der Waals surface area contributed by atoms with E-state index >= 15 is 0 Å². The lowest BCUT2D eigenvalue weighted by Crippen LogP contribution is -2.30. The molecule has 0 atom stereocenters. The fourth-order valence-electron chi connectivity index (χ4n) is 4.19. The average molecular weight is 450 g/mol. The molecule has 3 aromatic heterocycles. The fourth-order valence-corrected chi connectivity index (χ4v) is 4.19. The third-order valence-corrected chi connectivity index (χ3v) is 6.18. The summed E-state index contributed by atoms with van der Waals surface area (Å²) >= 11 is 0. The van der Waals surface area contributed by atoms with Crippen LogP contribution in [0.2, 0.25) is 0 Å². The highest BCUT2D eigenvalue weighted by Crippen LogP contribution is 2.34. The zero-order chi connectivity index (χ0) is 23.5. The van der Waals surface area contributed by atoms with E-state index in [1.807, 2.05) is 48.5 Å². The first-order valence-electron chi connectivity index (χ1n) is 11.6. The van der Waals surface area contributed by atoms with E-state index in [9.17, 15) is 4.79 Å². The molecule has 0 bridgehead atoms. The molecule has 170 valence electrons. The molecule has 0 aliphatic rings. The Labute approximate surface area is 198 Å². The van der Waals surface area contributed by atoms with Gasteiger partial charge < -0.3 is 10.3 Å². The molecule has 5 aromatic rings. The third-order valence-electron chi connectivity index (χ3n) is 6.18. The molecule has 0 amide bonds. The number of rotatable bonds is 7. The first kappa shape index (κ1) is 21.8. The molecule has 2 aromatic carbocycles. The number of H-pyrrole nitrogens is 1. The summed E-state index contributed by atoms with van der Waals surface area (Å²) in [5.41, 5.74) is 5.78. The number of aromatic nitrogens is 3. The maximum atomic E-state index is 12.8. The SMILES string of the molecule is CCN(CC)CNc1cc2cc(-c3ccc4ncccc4c3)c(-c3ccccc3)nc2[nH]c1=O. The predicted octanol–water partition coefficient (Wildman–Crippen LogP) is 5.52. The summed E-state index contributed by atoms with van der Waals surface area (Å²) in [4.78, 5) is 27.4. The van der Waals surface area contributed by atoms with E-state index in [0.717, 1.165) is 51.8 Å². The van der Waals surface area contributed by atoms with Gasteiger partial charge in [-0.15, -0.1) is 0 Å². The number of benzene rings is 2. The van der Waals surface area contributed by atoms with Crippen LogP contribution in [-0.2, 0) is 0 Å². The molecule has 0 radical (unpaired) electrons. The molecule has 0 saturated carbocycles. The lowest BCUT2D eigenvalue weighted by Gasteiger charge is -2.19. The number of nitrogens with one attached hydrogen (secondary N) is 2. The molecule has 0 aliphatic carbocycles. The molecule has 34 heavy (non-hydrogen) atoms. The molecule has 3 heterocycles. The number of hydrogen-bond donors (Lipinski definition) is 2. The van der Waals surface area contributed by atoms with Crippen LogP contribution in [0.3, 0.4) is 0 Å². The standard InChI is InChI=1S/C28H27N5O/c1-3-33(4-2)18-30-25-17-22-16-23(20-12-13-24-21(15-20)11-8-14-29-24)26(19-9-6-5-7-10-19)31-27(22)32-28(25)34/h5-17,30H,3-4,18H2,1-2H3,(H,31,32,34). The number of pyridine rings is 3. The normalized spacial score (nSPS) is 11.4. The van der Waals surface area contributed by atoms with Crippen LogP contribution in [0.4, 0.5) is 5.69 Å². The number of hydrogen-bond acceptors (Lipinski definition) is 5. The Morgan fingerprint density at radius 2 is 1.71 bits per heavy atom. The number of aromatic amines is 1. The zero-order valence-electron chi connectivity index (χ0n) is 19.4. The van der Waals surface area contributed by atoms with Crippen molar-refractivity contribution in [3.63, 3.8) is 0 Å². The van der Waals surface area contributed by atoms with Crippen molar-refractivity contribution in [3.05, 3.63) is 89.3 Å². The van der Waals surface area contributed by atoms with Crippen molar-refractivity contribution in [1.29, 1.82) is 0 Å². The second-order valence-corrected chi connectivity index (χ2v) is 8.25. The number of fused-ring (bicyclic) bond motifs is 2. The van der Waals surface area contributed by atoms with E-state index in [0.29, 0.717) is 18.0 Å². The van der Waals surface area contributed by atoms with Gasteiger partial charge >= 0.3 is 0 Å². The minimum Gasteiger partial charge on any atom is -0.368 e. The molecule has 0 spiro atoms. The quantitative estimate of drug-likeness (QED) is 0.320. The summed E-state index contributed by atoms with van der Waals surface area (Å²) in [6.07, 6.45) is 1.80. The van der Waals surface area contributed by atoms with E-state index in [1.165, 1.54) is 0 Å². The van der Waals surface area contributed by atoms with Gasteiger partial charge in [-0.3, -0.25) is 14.7 Å². The van der Waals surface area contributed by atoms with Gasteiger partial charge in [-0.2, -0.15) is 0 Å². The van der Waals surface area contributed by atoms with Crippen LogP contribution in [0.1, 0.15) is 13.8 Å². The van der Waals surface area contributed by atoms with Crippen LogP contribution in [-0.4, -0.2) is 39.6 Å². The van der Waals surface area contributed by atoms with Crippen molar-refractivity contribution in [2.75, 3.05) is 25.1 Å². The van der Waals surface area contributed by atoms with E-state index in [4.69, 9.17) is 4.98 Å². The molecule has 0 unspecified atom stereocenters. The molecule has 2 N–H and O–H groups in total. The van der Waals surface area contributed by atoms with E-state index in [1.54, 1.807) is 6.20 Å². The van der Waals surface area contributed by atoms with Crippen molar-refractivity contribution < 1.29 is 0 Å². The molecule has 5 rings (SSSR count). The first-order chi connectivity index (χ1) is 16.7. The molecular weight excluding hydrogens is 422 g/mol. The maximum Gasteiger partial charge on any atom is 0.272 e. The molecule has 0 saturated heterocycles. The van der Waals surface area contributed by atoms with Gasteiger partial charge in [0.25, 0.3) is 5.56 Å². The van der Waals surface area contributed by atoms with Gasteiger partial charge in [-0.25, -0.2) is 4.98 Å². The zero-order valence-corrected chi connectivity index (χ0v) is 19.4. The highest BCUT2D eigenvalue weighted by Gasteiger charge is 2.14. The Morgan fingerprint density at radius 1 is 0.882 bits per heavy atom. The summed E-state index contributed by atoms with van der Waals surface area (Å²) < 4.78 is 0. The fraction of sp³-hybridized carbons (Fsp3) is 0.179. The van der Waals surface area contributed by atoms with Crippen LogP contribution in [0.25, 0.3) is 44.3 Å². The molecule has 0 fully saturated rings. The van der Waals surface area contributed by atoms with Crippen LogP contribution in [0, 0.1) is 0 Å². The summed E-state index contributed by atoms with van der Waals surface area (Å²) in [7, 11) is 0. The van der Waals surface area contributed by atoms with Gasteiger partial charge in [0.1, 0.15) is 11.3 Å². The Bertz CT molecular complexity index is 1510. The minimum atomic E-state index is -0.171. The molecule has 6 heteroatoms.